The highest BCUT2D eigenvalue weighted by Crippen LogP contribution is 2.27. The number of hydrogen-bond acceptors (Lipinski definition) is 4. The molecular formula is C11H18BNO3. The van der Waals surface area contributed by atoms with E-state index in [9.17, 15) is 0 Å². The molecule has 88 valence electrons. The lowest BCUT2D eigenvalue weighted by Gasteiger charge is -2.16. The first-order chi connectivity index (χ1) is 7.62. The quantitative estimate of drug-likeness (QED) is 0.639. The van der Waals surface area contributed by atoms with E-state index in [1.807, 2.05) is 26.0 Å². The van der Waals surface area contributed by atoms with Crippen molar-refractivity contribution in [2.45, 2.75) is 33.2 Å². The van der Waals surface area contributed by atoms with Crippen LogP contribution in [0.5, 0.6) is 5.75 Å². The van der Waals surface area contributed by atoms with Gasteiger partial charge in [-0.15, -0.1) is 0 Å². The van der Waals surface area contributed by atoms with Crippen LogP contribution in [0.3, 0.4) is 0 Å². The molecule has 16 heavy (non-hydrogen) atoms. The Morgan fingerprint density at radius 3 is 2.00 bits per heavy atom. The third kappa shape index (κ3) is 2.98. The summed E-state index contributed by atoms with van der Waals surface area (Å²) in [5.74, 6) is 0.567. The fraction of sp³-hybridized carbons (Fsp3) is 0.455. The molecule has 4 nitrogen and oxygen atoms in total. The van der Waals surface area contributed by atoms with Gasteiger partial charge in [0.1, 0.15) is 5.75 Å². The van der Waals surface area contributed by atoms with E-state index in [1.165, 1.54) is 0 Å². The van der Waals surface area contributed by atoms with E-state index >= 15 is 0 Å². The van der Waals surface area contributed by atoms with E-state index in [4.69, 9.17) is 20.4 Å². The summed E-state index contributed by atoms with van der Waals surface area (Å²) < 4.78 is 5.03. The van der Waals surface area contributed by atoms with E-state index < -0.39 is 7.32 Å². The van der Waals surface area contributed by atoms with Gasteiger partial charge >= 0.3 is 7.32 Å². The number of hydrogen-bond donors (Lipinski definition) is 3. The molecule has 0 radical (unpaired) electrons. The standard InChI is InChI=1S/C11H18BNO3/c1-3-9-5-8(7-13)6-10(4-2)11(9)16-12(14)15/h5-6,14-15H,3-4,7,13H2,1-2H3. The van der Waals surface area contributed by atoms with Gasteiger partial charge in [-0.05, 0) is 29.5 Å². The number of nitrogens with two attached hydrogens (primary N) is 1. The average molecular weight is 223 g/mol. The van der Waals surface area contributed by atoms with Gasteiger partial charge in [0.2, 0.25) is 0 Å². The Hall–Kier alpha value is -1.04. The molecule has 0 aromatic heterocycles. The summed E-state index contributed by atoms with van der Waals surface area (Å²) in [5.41, 5.74) is 8.55. The van der Waals surface area contributed by atoms with Crippen LogP contribution in [0.25, 0.3) is 0 Å². The molecule has 1 rings (SSSR count). The van der Waals surface area contributed by atoms with Crippen LogP contribution < -0.4 is 10.4 Å². The maximum atomic E-state index is 8.88. The van der Waals surface area contributed by atoms with Crippen LogP contribution in [-0.2, 0) is 19.4 Å². The highest BCUT2D eigenvalue weighted by molar-refractivity contribution is 6.33. The maximum Gasteiger partial charge on any atom is 0.707 e. The van der Waals surface area contributed by atoms with Crippen molar-refractivity contribution in [2.75, 3.05) is 0 Å². The predicted octanol–water partition coefficient (Wildman–Crippen LogP) is 0.618. The Balaban J connectivity index is 3.20. The van der Waals surface area contributed by atoms with Crippen molar-refractivity contribution in [3.8, 4) is 5.75 Å². The van der Waals surface area contributed by atoms with Gasteiger partial charge in [-0.25, -0.2) is 0 Å². The summed E-state index contributed by atoms with van der Waals surface area (Å²) in [4.78, 5) is 0. The molecule has 4 N–H and O–H groups in total. The van der Waals surface area contributed by atoms with Crippen molar-refractivity contribution in [3.05, 3.63) is 28.8 Å². The Morgan fingerprint density at radius 1 is 1.19 bits per heavy atom. The van der Waals surface area contributed by atoms with E-state index in [2.05, 4.69) is 0 Å². The summed E-state index contributed by atoms with van der Waals surface area (Å²) in [6.45, 7) is 4.46. The Kier molecular flexibility index (Phi) is 4.80. The Morgan fingerprint density at radius 2 is 1.69 bits per heavy atom. The number of aryl methyl sites for hydroxylation is 2. The van der Waals surface area contributed by atoms with Crippen molar-refractivity contribution in [2.24, 2.45) is 5.73 Å². The van der Waals surface area contributed by atoms with Crippen molar-refractivity contribution in [3.63, 3.8) is 0 Å². The lowest BCUT2D eigenvalue weighted by atomic mass is 9.99. The second kappa shape index (κ2) is 5.89. The molecule has 0 saturated carbocycles. The molecule has 0 spiro atoms. The molecule has 1 aromatic rings. The monoisotopic (exact) mass is 223 g/mol. The second-order valence-corrected chi connectivity index (χ2v) is 3.60. The topological polar surface area (TPSA) is 75.7 Å². The van der Waals surface area contributed by atoms with E-state index in [-0.39, 0.29) is 0 Å². The zero-order valence-electron chi connectivity index (χ0n) is 9.73. The van der Waals surface area contributed by atoms with Gasteiger partial charge in [0.25, 0.3) is 0 Å². The van der Waals surface area contributed by atoms with Crippen molar-refractivity contribution < 1.29 is 14.7 Å². The summed E-state index contributed by atoms with van der Waals surface area (Å²) in [7, 11) is -1.78. The summed E-state index contributed by atoms with van der Waals surface area (Å²) in [6.07, 6.45) is 1.53. The summed E-state index contributed by atoms with van der Waals surface area (Å²) >= 11 is 0. The smallest absolute Gasteiger partial charge is 0.512 e. The molecule has 0 atom stereocenters. The molecule has 0 aliphatic rings. The third-order valence-corrected chi connectivity index (χ3v) is 2.52. The molecule has 0 unspecified atom stereocenters. The van der Waals surface area contributed by atoms with Crippen LogP contribution in [0.4, 0.5) is 0 Å². The summed E-state index contributed by atoms with van der Waals surface area (Å²) in [6, 6.07) is 3.88. The number of benzene rings is 1. The molecule has 0 fully saturated rings. The first kappa shape index (κ1) is 13.0. The first-order valence-electron chi connectivity index (χ1n) is 5.49. The third-order valence-electron chi connectivity index (χ3n) is 2.52. The van der Waals surface area contributed by atoms with Crippen LogP contribution in [0.1, 0.15) is 30.5 Å². The molecule has 0 saturated heterocycles. The fourth-order valence-electron chi connectivity index (χ4n) is 1.73. The summed E-state index contributed by atoms with van der Waals surface area (Å²) in [5, 5.41) is 17.8. The van der Waals surface area contributed by atoms with Gasteiger partial charge in [-0.1, -0.05) is 26.0 Å². The lowest BCUT2D eigenvalue weighted by molar-refractivity contribution is 0.285. The minimum absolute atomic E-state index is 0.474. The molecule has 0 bridgehead atoms. The van der Waals surface area contributed by atoms with E-state index in [1.54, 1.807) is 0 Å². The lowest BCUT2D eigenvalue weighted by Crippen LogP contribution is -2.22. The Labute approximate surface area is 96.2 Å². The zero-order valence-corrected chi connectivity index (χ0v) is 9.73. The molecule has 1 aromatic carbocycles. The average Bonchev–Trinajstić information content (AvgIpc) is 2.28. The van der Waals surface area contributed by atoms with Crippen LogP contribution in [0.2, 0.25) is 0 Å². The molecule has 0 amide bonds. The minimum Gasteiger partial charge on any atom is -0.512 e. The molecular weight excluding hydrogens is 205 g/mol. The van der Waals surface area contributed by atoms with Gasteiger partial charge in [0.05, 0.1) is 0 Å². The molecule has 0 heterocycles. The number of rotatable bonds is 5. The Bertz CT molecular complexity index is 330. The highest BCUT2D eigenvalue weighted by Gasteiger charge is 2.17. The largest absolute Gasteiger partial charge is 0.707 e. The van der Waals surface area contributed by atoms with Crippen molar-refractivity contribution >= 4 is 7.32 Å². The molecule has 0 aliphatic carbocycles. The first-order valence-corrected chi connectivity index (χ1v) is 5.49. The van der Waals surface area contributed by atoms with E-state index in [0.29, 0.717) is 12.3 Å². The predicted molar refractivity (Wildman–Crippen MR) is 63.9 cm³/mol. The highest BCUT2D eigenvalue weighted by atomic mass is 16.6. The normalized spacial score (nSPS) is 10.3. The van der Waals surface area contributed by atoms with Gasteiger partial charge in [-0.2, -0.15) is 0 Å². The van der Waals surface area contributed by atoms with Crippen molar-refractivity contribution in [1.29, 1.82) is 0 Å². The fourth-order valence-corrected chi connectivity index (χ4v) is 1.73. The second-order valence-electron chi connectivity index (χ2n) is 3.60. The van der Waals surface area contributed by atoms with Crippen LogP contribution in [-0.4, -0.2) is 17.4 Å². The SMILES string of the molecule is CCc1cc(CN)cc(CC)c1OB(O)O. The van der Waals surface area contributed by atoms with Crippen LogP contribution in [0, 0.1) is 0 Å². The van der Waals surface area contributed by atoms with Gasteiger partial charge in [0, 0.05) is 6.54 Å². The van der Waals surface area contributed by atoms with Crippen LogP contribution >= 0.6 is 0 Å². The van der Waals surface area contributed by atoms with E-state index in [0.717, 1.165) is 29.5 Å². The van der Waals surface area contributed by atoms with Gasteiger partial charge in [0.15, 0.2) is 0 Å². The zero-order chi connectivity index (χ0) is 12.1. The molecule has 5 heteroatoms. The van der Waals surface area contributed by atoms with Gasteiger partial charge < -0.3 is 20.4 Å². The molecule has 0 aliphatic heterocycles. The van der Waals surface area contributed by atoms with Gasteiger partial charge in [-0.3, -0.25) is 0 Å². The van der Waals surface area contributed by atoms with Crippen LogP contribution in [0.15, 0.2) is 12.1 Å². The minimum atomic E-state index is -1.78. The maximum absolute atomic E-state index is 8.88. The van der Waals surface area contributed by atoms with Crippen molar-refractivity contribution in [1.82, 2.24) is 0 Å².